The highest BCUT2D eigenvalue weighted by Gasteiger charge is 2.72. The number of alkyl halides is 4. The van der Waals surface area contributed by atoms with E-state index in [4.69, 9.17) is 4.55 Å². The van der Waals surface area contributed by atoms with Crippen molar-refractivity contribution >= 4 is 26.9 Å². The summed E-state index contributed by atoms with van der Waals surface area (Å²) in [5.41, 5.74) is 0.606. The van der Waals surface area contributed by atoms with Crippen molar-refractivity contribution in [3.63, 3.8) is 0 Å². The van der Waals surface area contributed by atoms with Crippen LogP contribution in [-0.4, -0.2) is 36.7 Å². The third-order valence-electron chi connectivity index (χ3n) is 3.47. The van der Waals surface area contributed by atoms with Gasteiger partial charge >= 0.3 is 27.3 Å². The van der Waals surface area contributed by atoms with E-state index in [9.17, 15) is 30.8 Å². The van der Waals surface area contributed by atoms with Crippen molar-refractivity contribution in [3.8, 4) is 0 Å². The molecule has 1 N–H and O–H groups in total. The van der Waals surface area contributed by atoms with Crippen molar-refractivity contribution in [2.75, 3.05) is 6.61 Å². The minimum atomic E-state index is -6.42. The van der Waals surface area contributed by atoms with Crippen molar-refractivity contribution in [1.82, 2.24) is 0 Å². The Morgan fingerprint density at radius 3 is 2.24 bits per heavy atom. The number of carbonyl (C=O) groups is 1. The zero-order valence-corrected chi connectivity index (χ0v) is 13.3. The van der Waals surface area contributed by atoms with Gasteiger partial charge in [0.15, 0.2) is 0 Å². The molecule has 0 amide bonds. The van der Waals surface area contributed by atoms with E-state index < -0.39 is 33.9 Å². The molecule has 5 nitrogen and oxygen atoms in total. The molecule has 0 aromatic heterocycles. The van der Waals surface area contributed by atoms with Gasteiger partial charge in [0.2, 0.25) is 0 Å². The number of hydrogen-bond donors (Lipinski definition) is 1. The molecule has 0 spiro atoms. The van der Waals surface area contributed by atoms with Gasteiger partial charge in [-0.2, -0.15) is 21.6 Å². The maximum atomic E-state index is 13.7. The molecule has 0 aliphatic carbocycles. The van der Waals surface area contributed by atoms with Gasteiger partial charge < -0.3 is 4.74 Å². The van der Waals surface area contributed by atoms with Gasteiger partial charge in [0.1, 0.15) is 0 Å². The Hall–Kier alpha value is -2.20. The Kier molecular flexibility index (Phi) is 5.05. The lowest BCUT2D eigenvalue weighted by Gasteiger charge is -2.22. The molecule has 2 aromatic carbocycles. The number of carbonyl (C=O) groups excluding carboxylic acids is 1. The summed E-state index contributed by atoms with van der Waals surface area (Å²) in [6, 6.07) is 12.1. The van der Waals surface area contributed by atoms with Crippen LogP contribution in [0.5, 0.6) is 0 Å². The molecular formula is C15H12F4O5S. The van der Waals surface area contributed by atoms with Crippen molar-refractivity contribution in [2.24, 2.45) is 0 Å². The first-order valence-electron chi connectivity index (χ1n) is 6.85. The predicted molar refractivity (Wildman–Crippen MR) is 80.1 cm³/mol. The lowest BCUT2D eigenvalue weighted by molar-refractivity contribution is -0.215. The average molecular weight is 380 g/mol. The fourth-order valence-electron chi connectivity index (χ4n) is 2.22. The molecule has 0 saturated heterocycles. The summed E-state index contributed by atoms with van der Waals surface area (Å²) in [5, 5.41) is -3.95. The number of esters is 1. The van der Waals surface area contributed by atoms with Gasteiger partial charge in [-0.15, -0.1) is 0 Å². The predicted octanol–water partition coefficient (Wildman–Crippen LogP) is 3.04. The second-order valence-corrected chi connectivity index (χ2v) is 6.60. The van der Waals surface area contributed by atoms with Crippen LogP contribution in [-0.2, 0) is 26.1 Å². The van der Waals surface area contributed by atoms with Crippen molar-refractivity contribution < 1.29 is 40.1 Å². The van der Waals surface area contributed by atoms with Crippen LogP contribution in [0.4, 0.5) is 17.6 Å². The van der Waals surface area contributed by atoms with Crippen LogP contribution < -0.4 is 0 Å². The molecule has 10 heteroatoms. The number of benzene rings is 2. The average Bonchev–Trinajstić information content (AvgIpc) is 2.52. The third-order valence-corrected chi connectivity index (χ3v) is 4.58. The number of hydrogen-bond acceptors (Lipinski definition) is 4. The fraction of sp³-hybridized carbons (Fsp3) is 0.267. The second-order valence-electron chi connectivity index (χ2n) is 5.09. The van der Waals surface area contributed by atoms with E-state index in [1.165, 1.54) is 0 Å². The SMILES string of the molecule is O=C(OCCc1cccc2ccccc12)C(F)(C(F)(F)F)S(=O)(=O)O. The molecule has 2 rings (SSSR count). The summed E-state index contributed by atoms with van der Waals surface area (Å²) < 4.78 is 85.6. The quantitative estimate of drug-likeness (QED) is 0.490. The van der Waals surface area contributed by atoms with E-state index in [0.717, 1.165) is 10.8 Å². The standard InChI is InChI=1S/C15H12F4O5S/c16-14(15(17,18)19,25(21,22)23)13(20)24-9-8-11-6-3-5-10-4-1-2-7-12(10)11/h1-7H,8-9H2,(H,21,22,23). The Morgan fingerprint density at radius 1 is 1.04 bits per heavy atom. The van der Waals surface area contributed by atoms with Gasteiger partial charge in [0.25, 0.3) is 0 Å². The van der Waals surface area contributed by atoms with Gasteiger partial charge in [-0.3, -0.25) is 4.55 Å². The molecule has 1 unspecified atom stereocenters. The van der Waals surface area contributed by atoms with Crippen LogP contribution in [0.15, 0.2) is 42.5 Å². The lowest BCUT2D eigenvalue weighted by Crippen LogP contribution is -2.55. The highest BCUT2D eigenvalue weighted by molar-refractivity contribution is 7.88. The largest absolute Gasteiger partial charge is 0.462 e. The normalized spacial score (nSPS) is 14.9. The highest BCUT2D eigenvalue weighted by atomic mass is 32.2. The Bertz CT molecular complexity index is 889. The van der Waals surface area contributed by atoms with Crippen LogP contribution >= 0.6 is 0 Å². The van der Waals surface area contributed by atoms with Crippen molar-refractivity contribution in [2.45, 2.75) is 17.6 Å². The molecule has 0 fully saturated rings. The first-order chi connectivity index (χ1) is 11.5. The van der Waals surface area contributed by atoms with Crippen LogP contribution in [0.1, 0.15) is 5.56 Å². The molecule has 136 valence electrons. The smallest absolute Gasteiger partial charge is 0.451 e. The molecule has 0 bridgehead atoms. The third kappa shape index (κ3) is 3.59. The summed E-state index contributed by atoms with van der Waals surface area (Å²) in [6.45, 7) is -0.704. The second kappa shape index (κ2) is 6.60. The van der Waals surface area contributed by atoms with E-state index in [1.807, 2.05) is 0 Å². The highest BCUT2D eigenvalue weighted by Crippen LogP contribution is 2.39. The zero-order chi connectivity index (χ0) is 18.9. The lowest BCUT2D eigenvalue weighted by atomic mass is 10.0. The monoisotopic (exact) mass is 380 g/mol. The van der Waals surface area contributed by atoms with Gasteiger partial charge in [-0.25, -0.2) is 9.18 Å². The van der Waals surface area contributed by atoms with E-state index >= 15 is 0 Å². The van der Waals surface area contributed by atoms with Gasteiger partial charge in [0, 0.05) is 6.42 Å². The summed E-state index contributed by atoms with van der Waals surface area (Å²) in [6.07, 6.45) is -6.26. The summed E-state index contributed by atoms with van der Waals surface area (Å²) in [7, 11) is -6.42. The minimum Gasteiger partial charge on any atom is -0.462 e. The van der Waals surface area contributed by atoms with Crippen molar-refractivity contribution in [3.05, 3.63) is 48.0 Å². The van der Waals surface area contributed by atoms with Crippen LogP contribution in [0.25, 0.3) is 10.8 Å². The summed E-state index contributed by atoms with van der Waals surface area (Å²) in [4.78, 5) is 11.4. The molecular weight excluding hydrogens is 368 g/mol. The number of rotatable bonds is 5. The molecule has 0 aliphatic heterocycles. The number of ether oxygens (including phenoxy) is 1. The molecule has 0 heterocycles. The van der Waals surface area contributed by atoms with Crippen LogP contribution in [0.2, 0.25) is 0 Å². The van der Waals surface area contributed by atoms with Gasteiger partial charge in [0.05, 0.1) is 6.61 Å². The molecule has 2 aromatic rings. The minimum absolute atomic E-state index is 0.0769. The molecule has 25 heavy (non-hydrogen) atoms. The maximum Gasteiger partial charge on any atom is 0.451 e. The topological polar surface area (TPSA) is 80.7 Å². The number of halogens is 4. The molecule has 0 radical (unpaired) electrons. The van der Waals surface area contributed by atoms with E-state index in [1.54, 1.807) is 42.5 Å². The van der Waals surface area contributed by atoms with E-state index in [-0.39, 0.29) is 6.42 Å². The van der Waals surface area contributed by atoms with Gasteiger partial charge in [-0.05, 0) is 16.3 Å². The Balaban J connectivity index is 2.16. The van der Waals surface area contributed by atoms with E-state index in [0.29, 0.717) is 5.56 Å². The summed E-state index contributed by atoms with van der Waals surface area (Å²) >= 11 is 0. The van der Waals surface area contributed by atoms with Crippen molar-refractivity contribution in [1.29, 1.82) is 0 Å². The number of fused-ring (bicyclic) bond motifs is 1. The van der Waals surface area contributed by atoms with Crippen LogP contribution in [0, 0.1) is 0 Å². The Morgan fingerprint density at radius 2 is 1.64 bits per heavy atom. The molecule has 0 saturated carbocycles. The Labute approximate surface area is 140 Å². The first kappa shape index (κ1) is 19.1. The fourth-order valence-corrected chi connectivity index (χ4v) is 2.79. The summed E-state index contributed by atoms with van der Waals surface area (Å²) in [5.74, 6) is -2.73. The van der Waals surface area contributed by atoms with E-state index in [2.05, 4.69) is 4.74 Å². The van der Waals surface area contributed by atoms with Gasteiger partial charge in [-0.1, -0.05) is 42.5 Å². The zero-order valence-electron chi connectivity index (χ0n) is 12.5. The molecule has 1 atom stereocenters. The molecule has 0 aliphatic rings. The first-order valence-corrected chi connectivity index (χ1v) is 8.29. The van der Waals surface area contributed by atoms with Crippen LogP contribution in [0.3, 0.4) is 0 Å². The maximum absolute atomic E-state index is 13.7.